The Kier molecular flexibility index (Phi) is 6.05. The highest BCUT2D eigenvalue weighted by atomic mass is 32.2. The molecule has 1 atom stereocenters. The summed E-state index contributed by atoms with van der Waals surface area (Å²) in [6, 6.07) is -0.735. The number of carbonyl (C=O) groups excluding carboxylic acids is 1. The van der Waals surface area contributed by atoms with E-state index in [0.717, 1.165) is 25.9 Å². The zero-order chi connectivity index (χ0) is 17.1. The summed E-state index contributed by atoms with van der Waals surface area (Å²) in [6.07, 6.45) is 1.53. The van der Waals surface area contributed by atoms with Crippen LogP contribution in [-0.4, -0.2) is 69.4 Å². The Morgan fingerprint density at radius 2 is 2.04 bits per heavy atom. The van der Waals surface area contributed by atoms with E-state index in [-0.39, 0.29) is 17.2 Å². The minimum Gasteiger partial charge on any atom is -0.381 e. The lowest BCUT2D eigenvalue weighted by molar-refractivity contribution is -0.124. The number of ether oxygens (including phenoxy) is 1. The van der Waals surface area contributed by atoms with Gasteiger partial charge in [0.15, 0.2) is 0 Å². The normalized spacial score (nSPS) is 26.3. The first-order valence-corrected chi connectivity index (χ1v) is 10.0. The fourth-order valence-electron chi connectivity index (χ4n) is 3.31. The Balaban J connectivity index is 2.20. The van der Waals surface area contributed by atoms with Crippen molar-refractivity contribution in [2.75, 3.05) is 38.6 Å². The molecule has 0 aromatic rings. The molecule has 2 N–H and O–H groups in total. The maximum atomic E-state index is 12.6. The van der Waals surface area contributed by atoms with Crippen LogP contribution in [0.25, 0.3) is 0 Å². The third kappa shape index (κ3) is 5.14. The van der Waals surface area contributed by atoms with Crippen LogP contribution >= 0.6 is 0 Å². The van der Waals surface area contributed by atoms with Crippen molar-refractivity contribution in [3.05, 3.63) is 0 Å². The molecule has 7 nitrogen and oxygen atoms in total. The zero-order valence-electron chi connectivity index (χ0n) is 14.3. The van der Waals surface area contributed by atoms with Gasteiger partial charge >= 0.3 is 0 Å². The number of nitrogens with one attached hydrogen (secondary N) is 2. The van der Waals surface area contributed by atoms with Gasteiger partial charge in [0.05, 0.1) is 11.3 Å². The second kappa shape index (κ2) is 7.46. The van der Waals surface area contributed by atoms with Crippen LogP contribution in [0.15, 0.2) is 0 Å². The predicted molar refractivity (Wildman–Crippen MR) is 88.6 cm³/mol. The molecular weight excluding hydrogens is 318 g/mol. The van der Waals surface area contributed by atoms with Crippen LogP contribution in [0.5, 0.6) is 0 Å². The molecule has 0 saturated carbocycles. The first-order chi connectivity index (χ1) is 10.8. The van der Waals surface area contributed by atoms with E-state index in [9.17, 15) is 13.2 Å². The van der Waals surface area contributed by atoms with Crippen molar-refractivity contribution in [2.24, 2.45) is 5.92 Å². The summed E-state index contributed by atoms with van der Waals surface area (Å²) in [5.41, 5.74) is -0.309. The van der Waals surface area contributed by atoms with Crippen LogP contribution in [0.2, 0.25) is 0 Å². The molecule has 0 aliphatic carbocycles. The largest absolute Gasteiger partial charge is 0.381 e. The molecule has 0 aromatic heterocycles. The highest BCUT2D eigenvalue weighted by Crippen LogP contribution is 2.25. The molecule has 0 bridgehead atoms. The van der Waals surface area contributed by atoms with Crippen molar-refractivity contribution in [3.8, 4) is 0 Å². The molecule has 134 valence electrons. The predicted octanol–water partition coefficient (Wildman–Crippen LogP) is -0.0687. The Labute approximate surface area is 139 Å². The van der Waals surface area contributed by atoms with Gasteiger partial charge in [0.2, 0.25) is 15.9 Å². The van der Waals surface area contributed by atoms with E-state index in [1.165, 1.54) is 0 Å². The lowest BCUT2D eigenvalue weighted by Crippen LogP contribution is -2.57. The second-order valence-corrected chi connectivity index (χ2v) is 9.09. The Bertz CT molecular complexity index is 515. The van der Waals surface area contributed by atoms with Crippen LogP contribution in [0.3, 0.4) is 0 Å². The molecule has 8 heteroatoms. The SMILES string of the molecule is CCS(=O)(=O)NC1CN(CC(C)C)CC2(CCOCC2)NC1=O. The zero-order valence-corrected chi connectivity index (χ0v) is 15.1. The topological polar surface area (TPSA) is 87.7 Å². The van der Waals surface area contributed by atoms with Gasteiger partial charge in [0.1, 0.15) is 6.04 Å². The summed E-state index contributed by atoms with van der Waals surface area (Å²) in [5, 5.41) is 3.11. The van der Waals surface area contributed by atoms with Crippen LogP contribution in [-0.2, 0) is 19.6 Å². The average Bonchev–Trinajstić information content (AvgIpc) is 2.56. The number of carbonyl (C=O) groups is 1. The second-order valence-electron chi connectivity index (χ2n) is 7.04. The van der Waals surface area contributed by atoms with E-state index >= 15 is 0 Å². The van der Waals surface area contributed by atoms with Gasteiger partial charge in [-0.2, -0.15) is 0 Å². The Morgan fingerprint density at radius 3 is 2.61 bits per heavy atom. The summed E-state index contributed by atoms with van der Waals surface area (Å²) >= 11 is 0. The van der Waals surface area contributed by atoms with Gasteiger partial charge in [-0.15, -0.1) is 0 Å². The monoisotopic (exact) mass is 347 g/mol. The van der Waals surface area contributed by atoms with E-state index in [2.05, 4.69) is 28.8 Å². The quantitative estimate of drug-likeness (QED) is 0.727. The van der Waals surface area contributed by atoms with E-state index < -0.39 is 16.1 Å². The summed E-state index contributed by atoms with van der Waals surface area (Å²) in [7, 11) is -3.42. The Hall–Kier alpha value is -0.700. The van der Waals surface area contributed by atoms with Crippen molar-refractivity contribution < 1.29 is 17.9 Å². The highest BCUT2D eigenvalue weighted by Gasteiger charge is 2.41. The number of sulfonamides is 1. The third-order valence-electron chi connectivity index (χ3n) is 4.45. The lowest BCUT2D eigenvalue weighted by Gasteiger charge is -2.39. The molecule has 2 fully saturated rings. The molecule has 2 aliphatic heterocycles. The molecule has 2 heterocycles. The minimum absolute atomic E-state index is 0.0278. The molecule has 1 spiro atoms. The van der Waals surface area contributed by atoms with Crippen molar-refractivity contribution in [1.82, 2.24) is 14.9 Å². The standard InChI is InChI=1S/C15H29N3O4S/c1-4-23(20,21)17-13-10-18(9-12(2)3)11-15(16-14(13)19)5-7-22-8-6-15/h12-13,17H,4-11H2,1-3H3,(H,16,19). The van der Waals surface area contributed by atoms with Gasteiger partial charge in [-0.25, -0.2) is 13.1 Å². The lowest BCUT2D eigenvalue weighted by atomic mass is 9.89. The van der Waals surface area contributed by atoms with Gasteiger partial charge in [0, 0.05) is 32.8 Å². The number of rotatable bonds is 5. The molecule has 2 saturated heterocycles. The van der Waals surface area contributed by atoms with Gasteiger partial charge < -0.3 is 10.1 Å². The van der Waals surface area contributed by atoms with Crippen molar-refractivity contribution in [3.63, 3.8) is 0 Å². The summed E-state index contributed by atoms with van der Waals surface area (Å²) in [4.78, 5) is 14.8. The molecule has 23 heavy (non-hydrogen) atoms. The Morgan fingerprint density at radius 1 is 1.39 bits per heavy atom. The molecular formula is C15H29N3O4S. The van der Waals surface area contributed by atoms with Crippen molar-refractivity contribution >= 4 is 15.9 Å². The van der Waals surface area contributed by atoms with E-state index in [1.54, 1.807) is 6.92 Å². The highest BCUT2D eigenvalue weighted by molar-refractivity contribution is 7.89. The number of hydrogen-bond donors (Lipinski definition) is 2. The number of hydrogen-bond acceptors (Lipinski definition) is 5. The van der Waals surface area contributed by atoms with E-state index in [0.29, 0.717) is 25.7 Å². The van der Waals surface area contributed by atoms with Crippen molar-refractivity contribution in [2.45, 2.75) is 45.2 Å². The van der Waals surface area contributed by atoms with Crippen molar-refractivity contribution in [1.29, 1.82) is 0 Å². The van der Waals surface area contributed by atoms with Gasteiger partial charge in [-0.3, -0.25) is 9.69 Å². The summed E-state index contributed by atoms with van der Waals surface area (Å²) in [6.45, 7) is 9.06. The van der Waals surface area contributed by atoms with Crippen LogP contribution in [0, 0.1) is 5.92 Å². The molecule has 1 amide bonds. The number of nitrogens with zero attached hydrogens (tertiary/aromatic N) is 1. The molecule has 2 rings (SSSR count). The van der Waals surface area contributed by atoms with E-state index in [1.807, 2.05) is 0 Å². The van der Waals surface area contributed by atoms with Gasteiger partial charge in [-0.1, -0.05) is 13.8 Å². The first kappa shape index (κ1) is 18.6. The first-order valence-electron chi connectivity index (χ1n) is 8.37. The number of amides is 1. The fraction of sp³-hybridized carbons (Fsp3) is 0.933. The van der Waals surface area contributed by atoms with Crippen LogP contribution in [0.4, 0.5) is 0 Å². The molecule has 0 aromatic carbocycles. The minimum atomic E-state index is -3.42. The maximum absolute atomic E-state index is 12.6. The smallest absolute Gasteiger partial charge is 0.239 e. The third-order valence-corrected chi connectivity index (χ3v) is 5.85. The molecule has 0 radical (unpaired) electrons. The van der Waals surface area contributed by atoms with Gasteiger partial charge in [-0.05, 0) is 25.7 Å². The molecule has 2 aliphatic rings. The van der Waals surface area contributed by atoms with Crippen LogP contribution < -0.4 is 10.0 Å². The molecule has 1 unspecified atom stereocenters. The van der Waals surface area contributed by atoms with Gasteiger partial charge in [0.25, 0.3) is 0 Å². The summed E-state index contributed by atoms with van der Waals surface area (Å²) in [5.74, 6) is 0.193. The fourth-order valence-corrected chi connectivity index (χ4v) is 4.10. The summed E-state index contributed by atoms with van der Waals surface area (Å²) < 4.78 is 31.8. The van der Waals surface area contributed by atoms with Crippen LogP contribution in [0.1, 0.15) is 33.6 Å². The average molecular weight is 347 g/mol. The maximum Gasteiger partial charge on any atom is 0.239 e. The van der Waals surface area contributed by atoms with E-state index in [4.69, 9.17) is 4.74 Å².